The van der Waals surface area contributed by atoms with Gasteiger partial charge in [0.2, 0.25) is 0 Å². The van der Waals surface area contributed by atoms with Gasteiger partial charge in [0.1, 0.15) is 5.69 Å². The van der Waals surface area contributed by atoms with Crippen LogP contribution in [0.2, 0.25) is 0 Å². The predicted octanol–water partition coefficient (Wildman–Crippen LogP) is 1.02. The minimum atomic E-state index is -0.0158. The number of pyridine rings is 2. The molecule has 0 unspecified atom stereocenters. The van der Waals surface area contributed by atoms with Gasteiger partial charge in [0.05, 0.1) is 17.6 Å². The van der Waals surface area contributed by atoms with Crippen LogP contribution in [0.5, 0.6) is 0 Å². The predicted molar refractivity (Wildman–Crippen MR) is 81.0 cm³/mol. The molecule has 108 valence electrons. The Morgan fingerprint density at radius 1 is 1.10 bits per heavy atom. The monoisotopic (exact) mass is 283 g/mol. The molecule has 1 fully saturated rings. The van der Waals surface area contributed by atoms with Gasteiger partial charge in [-0.25, -0.2) is 0 Å². The molecule has 3 rings (SSSR count). The van der Waals surface area contributed by atoms with Gasteiger partial charge < -0.3 is 15.5 Å². The van der Waals surface area contributed by atoms with E-state index in [1.807, 2.05) is 17.0 Å². The summed E-state index contributed by atoms with van der Waals surface area (Å²) in [5, 5.41) is 0. The number of hydrogen-bond donors (Lipinski definition) is 1. The van der Waals surface area contributed by atoms with E-state index in [4.69, 9.17) is 5.73 Å². The standard InChI is InChI=1S/C15H17N5O/c16-12-11-17-6-4-14(12)19-7-9-20(10-8-19)15(21)13-3-1-2-5-18-13/h1-6,11H,7-10,16H2. The van der Waals surface area contributed by atoms with Crippen LogP contribution in [0.15, 0.2) is 42.9 Å². The molecule has 0 saturated carbocycles. The molecule has 1 aliphatic heterocycles. The summed E-state index contributed by atoms with van der Waals surface area (Å²) >= 11 is 0. The summed E-state index contributed by atoms with van der Waals surface area (Å²) in [6, 6.07) is 7.29. The van der Waals surface area contributed by atoms with E-state index in [1.54, 1.807) is 30.7 Å². The van der Waals surface area contributed by atoms with Crippen LogP contribution in [0.1, 0.15) is 10.5 Å². The van der Waals surface area contributed by atoms with Crippen molar-refractivity contribution < 1.29 is 4.79 Å². The molecule has 3 heterocycles. The highest BCUT2D eigenvalue weighted by Crippen LogP contribution is 2.22. The van der Waals surface area contributed by atoms with Crippen LogP contribution in [0.25, 0.3) is 0 Å². The summed E-state index contributed by atoms with van der Waals surface area (Å²) in [5.74, 6) is -0.0158. The van der Waals surface area contributed by atoms with Crippen molar-refractivity contribution in [3.05, 3.63) is 48.5 Å². The van der Waals surface area contributed by atoms with Gasteiger partial charge in [-0.15, -0.1) is 0 Å². The zero-order valence-electron chi connectivity index (χ0n) is 11.6. The molecule has 6 nitrogen and oxygen atoms in total. The number of rotatable bonds is 2. The highest BCUT2D eigenvalue weighted by molar-refractivity contribution is 5.92. The van der Waals surface area contributed by atoms with Crippen molar-refractivity contribution in [2.45, 2.75) is 0 Å². The van der Waals surface area contributed by atoms with Gasteiger partial charge in [0.25, 0.3) is 5.91 Å². The summed E-state index contributed by atoms with van der Waals surface area (Å²) in [5.41, 5.74) is 8.09. The maximum absolute atomic E-state index is 12.3. The number of aromatic nitrogens is 2. The van der Waals surface area contributed by atoms with Crippen molar-refractivity contribution in [3.8, 4) is 0 Å². The van der Waals surface area contributed by atoms with Crippen molar-refractivity contribution in [2.75, 3.05) is 36.8 Å². The molecule has 0 spiro atoms. The first-order valence-electron chi connectivity index (χ1n) is 6.90. The Hall–Kier alpha value is -2.63. The maximum atomic E-state index is 12.3. The Morgan fingerprint density at radius 2 is 1.90 bits per heavy atom. The third-order valence-corrected chi connectivity index (χ3v) is 3.62. The smallest absolute Gasteiger partial charge is 0.272 e. The first-order chi connectivity index (χ1) is 10.3. The summed E-state index contributed by atoms with van der Waals surface area (Å²) < 4.78 is 0. The van der Waals surface area contributed by atoms with E-state index in [0.29, 0.717) is 24.5 Å². The van der Waals surface area contributed by atoms with Gasteiger partial charge in [-0.1, -0.05) is 6.07 Å². The van der Waals surface area contributed by atoms with Crippen LogP contribution in [-0.2, 0) is 0 Å². The summed E-state index contributed by atoms with van der Waals surface area (Å²) in [4.78, 5) is 24.4. The lowest BCUT2D eigenvalue weighted by molar-refractivity contribution is 0.0741. The minimum Gasteiger partial charge on any atom is -0.396 e. The molecule has 2 aromatic rings. The van der Waals surface area contributed by atoms with E-state index in [2.05, 4.69) is 14.9 Å². The largest absolute Gasteiger partial charge is 0.396 e. The second kappa shape index (κ2) is 5.78. The molecular weight excluding hydrogens is 266 g/mol. The number of nitrogens with two attached hydrogens (primary N) is 1. The number of carbonyl (C=O) groups is 1. The molecule has 0 bridgehead atoms. The quantitative estimate of drug-likeness (QED) is 0.890. The molecule has 2 aromatic heterocycles. The van der Waals surface area contributed by atoms with Gasteiger partial charge in [-0.2, -0.15) is 0 Å². The normalized spacial score (nSPS) is 15.0. The van der Waals surface area contributed by atoms with Crippen LogP contribution < -0.4 is 10.6 Å². The fraction of sp³-hybridized carbons (Fsp3) is 0.267. The molecule has 1 saturated heterocycles. The van der Waals surface area contributed by atoms with E-state index in [1.165, 1.54) is 0 Å². The van der Waals surface area contributed by atoms with Gasteiger partial charge >= 0.3 is 0 Å². The SMILES string of the molecule is Nc1cnccc1N1CCN(C(=O)c2ccccn2)CC1. The van der Waals surface area contributed by atoms with Crippen LogP contribution in [0, 0.1) is 0 Å². The molecule has 0 aromatic carbocycles. The van der Waals surface area contributed by atoms with Crippen LogP contribution in [-0.4, -0.2) is 47.0 Å². The van der Waals surface area contributed by atoms with Crippen molar-refractivity contribution >= 4 is 17.3 Å². The Morgan fingerprint density at radius 3 is 2.57 bits per heavy atom. The van der Waals surface area contributed by atoms with Gasteiger partial charge in [0, 0.05) is 38.6 Å². The first kappa shape index (κ1) is 13.4. The number of anilines is 2. The van der Waals surface area contributed by atoms with Crippen molar-refractivity contribution in [1.82, 2.24) is 14.9 Å². The van der Waals surface area contributed by atoms with Crippen molar-refractivity contribution in [2.24, 2.45) is 0 Å². The van der Waals surface area contributed by atoms with Gasteiger partial charge in [-0.3, -0.25) is 14.8 Å². The average Bonchev–Trinajstić information content (AvgIpc) is 2.56. The molecule has 1 amide bonds. The van der Waals surface area contributed by atoms with Crippen molar-refractivity contribution in [1.29, 1.82) is 0 Å². The van der Waals surface area contributed by atoms with Gasteiger partial charge in [-0.05, 0) is 18.2 Å². The number of piperazine rings is 1. The zero-order valence-corrected chi connectivity index (χ0v) is 11.6. The fourth-order valence-corrected chi connectivity index (χ4v) is 2.49. The van der Waals surface area contributed by atoms with Crippen LogP contribution >= 0.6 is 0 Å². The lowest BCUT2D eigenvalue weighted by atomic mass is 10.2. The minimum absolute atomic E-state index is 0.0158. The Labute approximate surface area is 123 Å². The van der Waals surface area contributed by atoms with E-state index in [0.717, 1.165) is 18.8 Å². The molecular formula is C15H17N5O. The molecule has 6 heteroatoms. The highest BCUT2D eigenvalue weighted by atomic mass is 16.2. The van der Waals surface area contributed by atoms with E-state index >= 15 is 0 Å². The summed E-state index contributed by atoms with van der Waals surface area (Å²) in [7, 11) is 0. The highest BCUT2D eigenvalue weighted by Gasteiger charge is 2.23. The van der Waals surface area contributed by atoms with Crippen LogP contribution in [0.3, 0.4) is 0 Å². The first-order valence-corrected chi connectivity index (χ1v) is 6.90. The fourth-order valence-electron chi connectivity index (χ4n) is 2.49. The van der Waals surface area contributed by atoms with Crippen LogP contribution in [0.4, 0.5) is 11.4 Å². The molecule has 0 aliphatic carbocycles. The molecule has 1 aliphatic rings. The Bertz CT molecular complexity index is 623. The summed E-state index contributed by atoms with van der Waals surface area (Å²) in [6.07, 6.45) is 5.03. The Kier molecular flexibility index (Phi) is 3.68. The van der Waals surface area contributed by atoms with E-state index < -0.39 is 0 Å². The average molecular weight is 283 g/mol. The topological polar surface area (TPSA) is 75.3 Å². The second-order valence-electron chi connectivity index (χ2n) is 4.93. The number of hydrogen-bond acceptors (Lipinski definition) is 5. The molecule has 2 N–H and O–H groups in total. The lowest BCUT2D eigenvalue weighted by Crippen LogP contribution is -2.49. The Balaban J connectivity index is 1.66. The number of carbonyl (C=O) groups excluding carboxylic acids is 1. The zero-order chi connectivity index (χ0) is 14.7. The molecule has 0 atom stereocenters. The molecule has 0 radical (unpaired) electrons. The third-order valence-electron chi connectivity index (χ3n) is 3.62. The van der Waals surface area contributed by atoms with E-state index in [9.17, 15) is 4.79 Å². The molecule has 21 heavy (non-hydrogen) atoms. The third kappa shape index (κ3) is 2.79. The lowest BCUT2D eigenvalue weighted by Gasteiger charge is -2.36. The summed E-state index contributed by atoms with van der Waals surface area (Å²) in [6.45, 7) is 2.84. The van der Waals surface area contributed by atoms with Crippen molar-refractivity contribution in [3.63, 3.8) is 0 Å². The number of nitrogen functional groups attached to an aromatic ring is 1. The van der Waals surface area contributed by atoms with E-state index in [-0.39, 0.29) is 5.91 Å². The number of nitrogens with zero attached hydrogens (tertiary/aromatic N) is 4. The number of amides is 1. The second-order valence-corrected chi connectivity index (χ2v) is 4.93. The maximum Gasteiger partial charge on any atom is 0.272 e. The van der Waals surface area contributed by atoms with Gasteiger partial charge in [0.15, 0.2) is 0 Å².